The number of pyridine rings is 1. The molecule has 0 bridgehead atoms. The molecule has 2 fully saturated rings. The first-order valence-electron chi connectivity index (χ1n) is 9.86. The molecule has 2 atom stereocenters. The number of aromatic nitrogens is 2. The average molecular weight is 394 g/mol. The van der Waals surface area contributed by atoms with Gasteiger partial charge in [-0.2, -0.15) is 0 Å². The Labute approximate surface area is 167 Å². The lowest BCUT2D eigenvalue weighted by Gasteiger charge is -2.18. The van der Waals surface area contributed by atoms with Gasteiger partial charge in [-0.15, -0.1) is 0 Å². The maximum Gasteiger partial charge on any atom is 0.291 e. The van der Waals surface area contributed by atoms with Gasteiger partial charge in [-0.05, 0) is 43.2 Å². The Morgan fingerprint density at radius 3 is 2.72 bits per heavy atom. The Morgan fingerprint density at radius 1 is 1.24 bits per heavy atom. The van der Waals surface area contributed by atoms with Gasteiger partial charge in [-0.3, -0.25) is 14.6 Å². The predicted molar refractivity (Wildman–Crippen MR) is 103 cm³/mol. The number of oxazole rings is 1. The summed E-state index contributed by atoms with van der Waals surface area (Å²) in [5.41, 5.74) is 1.25. The Morgan fingerprint density at radius 2 is 2.03 bits per heavy atom. The second-order valence-electron chi connectivity index (χ2n) is 7.92. The Kier molecular flexibility index (Phi) is 4.15. The van der Waals surface area contributed by atoms with E-state index < -0.39 is 0 Å². The van der Waals surface area contributed by atoms with Gasteiger partial charge in [0.2, 0.25) is 5.76 Å². The van der Waals surface area contributed by atoms with Crippen molar-refractivity contribution >= 4 is 22.8 Å². The monoisotopic (exact) mass is 394 g/mol. The minimum Gasteiger partial charge on any atom is -0.449 e. The summed E-state index contributed by atoms with van der Waals surface area (Å²) >= 11 is 0. The molecule has 8 nitrogen and oxygen atoms in total. The molecule has 0 spiro atoms. The van der Waals surface area contributed by atoms with Crippen molar-refractivity contribution in [1.29, 1.82) is 0 Å². The fourth-order valence-corrected chi connectivity index (χ4v) is 4.55. The molecule has 1 N–H and O–H groups in total. The highest BCUT2D eigenvalue weighted by Gasteiger charge is 2.56. The molecule has 2 aliphatic rings. The largest absolute Gasteiger partial charge is 0.449 e. The van der Waals surface area contributed by atoms with E-state index in [1.807, 2.05) is 11.0 Å². The van der Waals surface area contributed by atoms with Crippen LogP contribution >= 0.6 is 0 Å². The number of hydrogen-bond acceptors (Lipinski definition) is 6. The minimum absolute atomic E-state index is 0.0678. The lowest BCUT2D eigenvalue weighted by atomic mass is 10.2. The fourth-order valence-electron chi connectivity index (χ4n) is 4.55. The number of rotatable bonds is 5. The predicted octanol–water partition coefficient (Wildman–Crippen LogP) is 2.57. The molecular formula is C21H22N4O4. The van der Waals surface area contributed by atoms with Gasteiger partial charge in [-0.25, -0.2) is 4.98 Å². The third kappa shape index (κ3) is 3.18. The number of amides is 2. The molecule has 4 heterocycles. The Balaban J connectivity index is 1.10. The van der Waals surface area contributed by atoms with Crippen LogP contribution in [-0.4, -0.2) is 46.3 Å². The third-order valence-electron chi connectivity index (χ3n) is 6.07. The molecule has 1 saturated carbocycles. The zero-order chi connectivity index (χ0) is 20.1. The molecule has 0 radical (unpaired) electrons. The Hall–Kier alpha value is -3.16. The molecule has 3 aromatic heterocycles. The number of carbonyl (C=O) groups excluding carboxylic acids is 2. The van der Waals surface area contributed by atoms with Crippen molar-refractivity contribution < 1.29 is 18.4 Å². The number of likely N-dealkylation sites (tertiary alicyclic amines) is 1. The van der Waals surface area contributed by atoms with E-state index in [-0.39, 0.29) is 11.8 Å². The van der Waals surface area contributed by atoms with Crippen LogP contribution in [0.4, 0.5) is 0 Å². The first-order valence-corrected chi connectivity index (χ1v) is 9.86. The van der Waals surface area contributed by atoms with E-state index in [4.69, 9.17) is 8.83 Å². The van der Waals surface area contributed by atoms with Crippen molar-refractivity contribution in [2.24, 2.45) is 17.8 Å². The molecule has 1 aliphatic carbocycles. The van der Waals surface area contributed by atoms with Crippen LogP contribution in [0.5, 0.6) is 0 Å². The molecule has 2 amide bonds. The standard InChI is InChI=1S/C21H22N4O4/c1-11-19(28-12(2)24-11)21(27)25-9-15-14(16(15)10-25)4-6-23-20(26)17-7-13-3-5-22-8-18(13)29-17/h3,5,7-8,14-16H,4,6,9-10H2,1-2H3,(H,23,26). The maximum atomic E-state index is 12.6. The van der Waals surface area contributed by atoms with Crippen molar-refractivity contribution in [3.05, 3.63) is 47.6 Å². The van der Waals surface area contributed by atoms with Crippen LogP contribution in [0.25, 0.3) is 11.0 Å². The number of piperidine rings is 1. The van der Waals surface area contributed by atoms with Crippen LogP contribution in [0.1, 0.15) is 39.1 Å². The number of nitrogens with one attached hydrogen (secondary N) is 1. The quantitative estimate of drug-likeness (QED) is 0.714. The summed E-state index contributed by atoms with van der Waals surface area (Å²) in [7, 11) is 0. The molecule has 29 heavy (non-hydrogen) atoms. The summed E-state index contributed by atoms with van der Waals surface area (Å²) < 4.78 is 11.0. The average Bonchev–Trinajstić information content (AvgIpc) is 3.11. The van der Waals surface area contributed by atoms with Crippen LogP contribution in [0.3, 0.4) is 0 Å². The molecule has 2 unspecified atom stereocenters. The lowest BCUT2D eigenvalue weighted by Crippen LogP contribution is -2.32. The first-order chi connectivity index (χ1) is 14.0. The topological polar surface area (TPSA) is 101 Å². The van der Waals surface area contributed by atoms with Gasteiger partial charge in [-0.1, -0.05) is 0 Å². The van der Waals surface area contributed by atoms with Crippen LogP contribution in [-0.2, 0) is 0 Å². The van der Waals surface area contributed by atoms with Crippen LogP contribution in [0, 0.1) is 31.6 Å². The molecule has 8 heteroatoms. The van der Waals surface area contributed by atoms with E-state index in [1.54, 1.807) is 32.3 Å². The summed E-state index contributed by atoms with van der Waals surface area (Å²) in [6, 6.07) is 3.55. The maximum absolute atomic E-state index is 12.6. The normalized spacial score (nSPS) is 22.7. The number of furan rings is 1. The first kappa shape index (κ1) is 17.9. The van der Waals surface area contributed by atoms with Crippen molar-refractivity contribution in [2.45, 2.75) is 20.3 Å². The lowest BCUT2D eigenvalue weighted by molar-refractivity contribution is 0.0733. The number of carbonyl (C=O) groups is 2. The highest BCUT2D eigenvalue weighted by Crippen LogP contribution is 2.53. The van der Waals surface area contributed by atoms with Gasteiger partial charge in [0.05, 0.1) is 11.9 Å². The Bertz CT molecular complexity index is 1060. The summed E-state index contributed by atoms with van der Waals surface area (Å²) in [6.07, 6.45) is 4.18. The van der Waals surface area contributed by atoms with Gasteiger partial charge >= 0.3 is 0 Å². The molecule has 1 aliphatic heterocycles. The second kappa shape index (κ2) is 6.72. The summed E-state index contributed by atoms with van der Waals surface area (Å²) in [5.74, 6) is 2.48. The van der Waals surface area contributed by atoms with Crippen molar-refractivity contribution in [2.75, 3.05) is 19.6 Å². The number of hydrogen-bond donors (Lipinski definition) is 1. The van der Waals surface area contributed by atoms with Gasteiger partial charge in [0, 0.05) is 38.1 Å². The molecule has 1 saturated heterocycles. The zero-order valence-corrected chi connectivity index (χ0v) is 16.3. The van der Waals surface area contributed by atoms with E-state index in [1.165, 1.54) is 0 Å². The van der Waals surface area contributed by atoms with Crippen molar-refractivity contribution in [3.8, 4) is 0 Å². The van der Waals surface area contributed by atoms with E-state index in [0.29, 0.717) is 53.0 Å². The molecular weight excluding hydrogens is 372 g/mol. The van der Waals surface area contributed by atoms with Gasteiger partial charge < -0.3 is 19.1 Å². The smallest absolute Gasteiger partial charge is 0.291 e. The van der Waals surface area contributed by atoms with E-state index >= 15 is 0 Å². The van der Waals surface area contributed by atoms with Gasteiger partial charge in [0.25, 0.3) is 11.8 Å². The minimum atomic E-state index is -0.208. The summed E-state index contributed by atoms with van der Waals surface area (Å²) in [4.78, 5) is 34.9. The summed E-state index contributed by atoms with van der Waals surface area (Å²) in [5, 5.41) is 3.80. The van der Waals surface area contributed by atoms with E-state index in [9.17, 15) is 9.59 Å². The number of fused-ring (bicyclic) bond motifs is 2. The van der Waals surface area contributed by atoms with Crippen molar-refractivity contribution in [1.82, 2.24) is 20.2 Å². The van der Waals surface area contributed by atoms with Gasteiger partial charge in [0.1, 0.15) is 0 Å². The summed E-state index contributed by atoms with van der Waals surface area (Å²) in [6.45, 7) is 5.64. The van der Waals surface area contributed by atoms with Crippen LogP contribution < -0.4 is 5.32 Å². The highest BCUT2D eigenvalue weighted by atomic mass is 16.4. The van der Waals surface area contributed by atoms with Gasteiger partial charge in [0.15, 0.2) is 17.2 Å². The second-order valence-corrected chi connectivity index (χ2v) is 7.92. The van der Waals surface area contributed by atoms with Crippen LogP contribution in [0.2, 0.25) is 0 Å². The number of aryl methyl sites for hydroxylation is 2. The highest BCUT2D eigenvalue weighted by molar-refractivity contribution is 5.95. The fraction of sp³-hybridized carbons (Fsp3) is 0.429. The van der Waals surface area contributed by atoms with Crippen molar-refractivity contribution in [3.63, 3.8) is 0 Å². The third-order valence-corrected chi connectivity index (χ3v) is 6.07. The molecule has 5 rings (SSSR count). The van der Waals surface area contributed by atoms with Crippen LogP contribution in [0.15, 0.2) is 33.4 Å². The molecule has 150 valence electrons. The molecule has 3 aromatic rings. The SMILES string of the molecule is Cc1nc(C)c(C(=O)N2CC3C(CCNC(=O)c4cc5ccncc5o4)C3C2)o1. The zero-order valence-electron chi connectivity index (χ0n) is 16.3. The van der Waals surface area contributed by atoms with E-state index in [0.717, 1.165) is 24.9 Å². The number of nitrogens with zero attached hydrogens (tertiary/aromatic N) is 3. The molecule has 0 aromatic carbocycles. The van der Waals surface area contributed by atoms with E-state index in [2.05, 4.69) is 15.3 Å².